The molecule has 1 unspecified atom stereocenters. The van der Waals surface area contributed by atoms with Crippen LogP contribution in [0.4, 0.5) is 0 Å². The van der Waals surface area contributed by atoms with Gasteiger partial charge in [0.1, 0.15) is 36.9 Å². The molecule has 128 valence electrons. The molecule has 1 aliphatic rings. The van der Waals surface area contributed by atoms with Crippen molar-refractivity contribution in [3.05, 3.63) is 17.8 Å². The summed E-state index contributed by atoms with van der Waals surface area (Å²) in [6, 6.07) is 0. The molecule has 0 radical (unpaired) electrons. The molecule has 24 heavy (non-hydrogen) atoms. The lowest BCUT2D eigenvalue weighted by Gasteiger charge is -2.17. The fourth-order valence-electron chi connectivity index (χ4n) is 2.59. The van der Waals surface area contributed by atoms with E-state index < -0.39 is 30.4 Å². The molecular weight excluding hydrogens is 340 g/mol. The smallest absolute Gasteiger partial charge is 0.303 e. The summed E-state index contributed by atoms with van der Waals surface area (Å²) < 4.78 is 17.8. The van der Waals surface area contributed by atoms with Crippen LogP contribution in [0.2, 0.25) is 5.15 Å². The Bertz CT molecular complexity index is 780. The van der Waals surface area contributed by atoms with Crippen LogP contribution in [0.25, 0.3) is 11.2 Å². The third-order valence-electron chi connectivity index (χ3n) is 3.57. The average Bonchev–Trinajstić information content (AvgIpc) is 3.09. The van der Waals surface area contributed by atoms with Gasteiger partial charge in [0, 0.05) is 20.3 Å². The molecule has 3 atom stereocenters. The Kier molecular flexibility index (Phi) is 4.63. The molecule has 9 nitrogen and oxygen atoms in total. The van der Waals surface area contributed by atoms with E-state index in [0.717, 1.165) is 0 Å². The Morgan fingerprint density at radius 3 is 2.83 bits per heavy atom. The number of imidazole rings is 1. The topological polar surface area (TPSA) is 105 Å². The first kappa shape index (κ1) is 16.6. The summed E-state index contributed by atoms with van der Waals surface area (Å²) in [5, 5.41) is 0.241. The first-order valence-corrected chi connectivity index (χ1v) is 7.62. The Morgan fingerprint density at radius 2 is 2.12 bits per heavy atom. The molecule has 1 aliphatic heterocycles. The van der Waals surface area contributed by atoms with Gasteiger partial charge in [-0.15, -0.1) is 0 Å². The number of carbonyl (C=O) groups is 2. The quantitative estimate of drug-likeness (QED) is 0.597. The molecule has 3 heterocycles. The van der Waals surface area contributed by atoms with Crippen LogP contribution in [0.3, 0.4) is 0 Å². The van der Waals surface area contributed by atoms with Crippen molar-refractivity contribution in [3.63, 3.8) is 0 Å². The van der Waals surface area contributed by atoms with Crippen LogP contribution in [-0.4, -0.2) is 50.3 Å². The van der Waals surface area contributed by atoms with Crippen LogP contribution < -0.4 is 0 Å². The van der Waals surface area contributed by atoms with Crippen molar-refractivity contribution in [2.24, 2.45) is 0 Å². The molecule has 2 aromatic heterocycles. The van der Waals surface area contributed by atoms with E-state index in [4.69, 9.17) is 25.8 Å². The summed E-state index contributed by atoms with van der Waals surface area (Å²) in [4.78, 5) is 34.5. The second-order valence-electron chi connectivity index (χ2n) is 5.30. The van der Waals surface area contributed by atoms with Gasteiger partial charge in [-0.05, 0) is 0 Å². The molecule has 0 spiro atoms. The zero-order chi connectivity index (χ0) is 17.3. The summed E-state index contributed by atoms with van der Waals surface area (Å²) in [5.74, 6) is -0.867. The average molecular weight is 355 g/mol. The minimum atomic E-state index is -0.572. The number of halogens is 1. The standard InChI is InChI=1S/C14H15ClN4O5/c1-7(20)22-4-10-9(23-8(2)21)3-11(24-10)19-6-18-12-13(15)16-5-17-14(12)19/h5-6,9-11H,3-4H2,1-2H3/t9-,10-,11?/m1/s1. The number of nitrogens with zero attached hydrogens (tertiary/aromatic N) is 4. The minimum Gasteiger partial charge on any atom is -0.463 e. The van der Waals surface area contributed by atoms with E-state index in [9.17, 15) is 9.59 Å². The van der Waals surface area contributed by atoms with E-state index >= 15 is 0 Å². The largest absolute Gasteiger partial charge is 0.463 e. The molecule has 0 aromatic carbocycles. The van der Waals surface area contributed by atoms with Gasteiger partial charge in [0.2, 0.25) is 0 Å². The Morgan fingerprint density at radius 1 is 1.33 bits per heavy atom. The monoisotopic (exact) mass is 354 g/mol. The van der Waals surface area contributed by atoms with Gasteiger partial charge >= 0.3 is 11.9 Å². The van der Waals surface area contributed by atoms with Gasteiger partial charge in [0.05, 0.1) is 6.33 Å². The molecule has 0 aliphatic carbocycles. The highest BCUT2D eigenvalue weighted by molar-refractivity contribution is 6.33. The van der Waals surface area contributed by atoms with E-state index in [-0.39, 0.29) is 11.8 Å². The van der Waals surface area contributed by atoms with Crippen molar-refractivity contribution in [3.8, 4) is 0 Å². The fourth-order valence-corrected chi connectivity index (χ4v) is 2.77. The summed E-state index contributed by atoms with van der Waals surface area (Å²) in [5.41, 5.74) is 0.963. The molecule has 0 amide bonds. The third kappa shape index (κ3) is 3.31. The molecule has 10 heteroatoms. The van der Waals surface area contributed by atoms with Gasteiger partial charge in [0.15, 0.2) is 10.8 Å². The number of hydrogen-bond acceptors (Lipinski definition) is 8. The first-order valence-electron chi connectivity index (χ1n) is 7.24. The van der Waals surface area contributed by atoms with E-state index in [1.807, 2.05) is 0 Å². The van der Waals surface area contributed by atoms with Crippen LogP contribution in [0, 0.1) is 0 Å². The van der Waals surface area contributed by atoms with Crippen LogP contribution >= 0.6 is 11.6 Å². The molecule has 0 bridgehead atoms. The van der Waals surface area contributed by atoms with E-state index in [1.54, 1.807) is 4.57 Å². The number of rotatable bonds is 4. The van der Waals surface area contributed by atoms with Gasteiger partial charge in [-0.1, -0.05) is 11.6 Å². The normalized spacial score (nSPS) is 23.4. The minimum absolute atomic E-state index is 0.00779. The summed E-state index contributed by atoms with van der Waals surface area (Å²) in [6.07, 6.45) is 1.65. The summed E-state index contributed by atoms with van der Waals surface area (Å²) in [6.45, 7) is 2.61. The zero-order valence-electron chi connectivity index (χ0n) is 13.0. The Balaban J connectivity index is 1.84. The second-order valence-corrected chi connectivity index (χ2v) is 5.66. The van der Waals surface area contributed by atoms with Gasteiger partial charge in [-0.25, -0.2) is 15.0 Å². The second kappa shape index (κ2) is 6.70. The molecule has 1 fully saturated rings. The van der Waals surface area contributed by atoms with Crippen molar-refractivity contribution < 1.29 is 23.8 Å². The number of fused-ring (bicyclic) bond motifs is 1. The lowest BCUT2D eigenvalue weighted by molar-refractivity contribution is -0.155. The molecule has 0 N–H and O–H groups in total. The predicted octanol–water partition coefficient (Wildman–Crippen LogP) is 1.26. The van der Waals surface area contributed by atoms with Gasteiger partial charge in [-0.3, -0.25) is 14.2 Å². The molecule has 0 saturated carbocycles. The maximum Gasteiger partial charge on any atom is 0.303 e. The van der Waals surface area contributed by atoms with Gasteiger partial charge in [0.25, 0.3) is 0 Å². The first-order chi connectivity index (χ1) is 11.5. The van der Waals surface area contributed by atoms with E-state index in [2.05, 4.69) is 15.0 Å². The Labute approximate surface area is 141 Å². The van der Waals surface area contributed by atoms with Crippen LogP contribution in [-0.2, 0) is 23.8 Å². The van der Waals surface area contributed by atoms with E-state index in [1.165, 1.54) is 26.5 Å². The summed E-state index contributed by atoms with van der Waals surface area (Å²) >= 11 is 5.99. The SMILES string of the molecule is CC(=O)OC[C@H]1OC(n2cnc3c(Cl)ncnc32)C[C@H]1OC(C)=O. The molecule has 1 saturated heterocycles. The lowest BCUT2D eigenvalue weighted by Crippen LogP contribution is -2.31. The highest BCUT2D eigenvalue weighted by Gasteiger charge is 2.39. The third-order valence-corrected chi connectivity index (χ3v) is 3.85. The van der Waals surface area contributed by atoms with Crippen molar-refractivity contribution >= 4 is 34.7 Å². The fraction of sp³-hybridized carbons (Fsp3) is 0.500. The highest BCUT2D eigenvalue weighted by atomic mass is 35.5. The van der Waals surface area contributed by atoms with Crippen molar-refractivity contribution in [1.82, 2.24) is 19.5 Å². The summed E-state index contributed by atoms with van der Waals surface area (Å²) in [7, 11) is 0. The van der Waals surface area contributed by atoms with Gasteiger partial charge < -0.3 is 14.2 Å². The maximum absolute atomic E-state index is 11.3. The maximum atomic E-state index is 11.3. The number of aromatic nitrogens is 4. The van der Waals surface area contributed by atoms with Crippen LogP contribution in [0.15, 0.2) is 12.7 Å². The number of carbonyl (C=O) groups excluding carboxylic acids is 2. The van der Waals surface area contributed by atoms with Crippen molar-refractivity contribution in [2.45, 2.75) is 38.7 Å². The van der Waals surface area contributed by atoms with Gasteiger partial charge in [-0.2, -0.15) is 0 Å². The van der Waals surface area contributed by atoms with Crippen molar-refractivity contribution in [2.75, 3.05) is 6.61 Å². The highest BCUT2D eigenvalue weighted by Crippen LogP contribution is 2.33. The number of hydrogen-bond donors (Lipinski definition) is 0. The molecular formula is C14H15ClN4O5. The molecule has 3 rings (SSSR count). The van der Waals surface area contributed by atoms with E-state index in [0.29, 0.717) is 17.6 Å². The Hall–Kier alpha value is -2.26. The number of ether oxygens (including phenoxy) is 3. The van der Waals surface area contributed by atoms with Crippen molar-refractivity contribution in [1.29, 1.82) is 0 Å². The predicted molar refractivity (Wildman–Crippen MR) is 81.0 cm³/mol. The zero-order valence-corrected chi connectivity index (χ0v) is 13.8. The van der Waals surface area contributed by atoms with Crippen LogP contribution in [0.1, 0.15) is 26.5 Å². The molecule has 2 aromatic rings. The number of esters is 2. The lowest BCUT2D eigenvalue weighted by atomic mass is 10.2. The van der Waals surface area contributed by atoms with Crippen LogP contribution in [0.5, 0.6) is 0 Å².